The molecule has 32 heavy (non-hydrogen) atoms. The van der Waals surface area contributed by atoms with Crippen LogP contribution in [0.15, 0.2) is 35.9 Å². The summed E-state index contributed by atoms with van der Waals surface area (Å²) in [4.78, 5) is 27.3. The van der Waals surface area contributed by atoms with Crippen LogP contribution in [0.1, 0.15) is 36.9 Å². The van der Waals surface area contributed by atoms with Crippen LogP contribution in [0.25, 0.3) is 5.76 Å². The molecule has 1 saturated heterocycles. The molecule has 0 aliphatic carbocycles. The Kier molecular flexibility index (Phi) is 7.21. The van der Waals surface area contributed by atoms with Crippen molar-refractivity contribution in [3.63, 3.8) is 0 Å². The smallest absolute Gasteiger partial charge is 0.295 e. The fourth-order valence-electron chi connectivity index (χ4n) is 3.73. The van der Waals surface area contributed by atoms with Gasteiger partial charge in [-0.05, 0) is 30.2 Å². The minimum absolute atomic E-state index is 0.0189. The highest BCUT2D eigenvalue weighted by molar-refractivity contribution is 6.47. The van der Waals surface area contributed by atoms with Crippen LogP contribution in [0.5, 0.6) is 17.2 Å². The fraction of sp³-hybridized carbons (Fsp3) is 0.304. The second-order valence-electron chi connectivity index (χ2n) is 7.22. The van der Waals surface area contributed by atoms with Gasteiger partial charge in [0.25, 0.3) is 11.7 Å². The lowest BCUT2D eigenvalue weighted by atomic mass is 9.94. The molecule has 1 atom stereocenters. The van der Waals surface area contributed by atoms with Crippen LogP contribution in [0.2, 0.25) is 10.0 Å². The van der Waals surface area contributed by atoms with Crippen molar-refractivity contribution in [1.82, 2.24) is 4.90 Å². The lowest BCUT2D eigenvalue weighted by Crippen LogP contribution is -2.30. The number of unbranched alkanes of at least 4 members (excludes halogenated alkanes) is 1. The van der Waals surface area contributed by atoms with Gasteiger partial charge in [0.2, 0.25) is 0 Å². The standard InChI is InChI=1S/C23H23Cl2NO6/c1-4-5-10-26-18(12-6-8-13(27)9-7-12)16(20(29)23(26)30)19(28)14-11-15(24)22(32-3)17(25)21(14)31-2/h6-9,11,18,27-28H,4-5,10H2,1-3H3/b19-16+. The Morgan fingerprint density at radius 1 is 1.09 bits per heavy atom. The number of rotatable bonds is 7. The molecule has 1 unspecified atom stereocenters. The molecule has 3 rings (SSSR count). The van der Waals surface area contributed by atoms with Gasteiger partial charge in [0.05, 0.1) is 36.4 Å². The third kappa shape index (κ3) is 4.10. The number of amides is 1. The van der Waals surface area contributed by atoms with Crippen molar-refractivity contribution >= 4 is 40.7 Å². The van der Waals surface area contributed by atoms with Crippen LogP contribution in [0.3, 0.4) is 0 Å². The van der Waals surface area contributed by atoms with E-state index >= 15 is 0 Å². The number of aliphatic hydroxyl groups is 1. The minimum atomic E-state index is -0.855. The van der Waals surface area contributed by atoms with Crippen LogP contribution in [-0.2, 0) is 9.59 Å². The largest absolute Gasteiger partial charge is 0.508 e. The first kappa shape index (κ1) is 23.8. The molecule has 0 spiro atoms. The number of benzene rings is 2. The zero-order valence-corrected chi connectivity index (χ0v) is 19.3. The Labute approximate surface area is 195 Å². The minimum Gasteiger partial charge on any atom is -0.508 e. The lowest BCUT2D eigenvalue weighted by molar-refractivity contribution is -0.139. The molecule has 0 saturated carbocycles. The summed E-state index contributed by atoms with van der Waals surface area (Å²) in [5.41, 5.74) is 0.497. The summed E-state index contributed by atoms with van der Waals surface area (Å²) in [5.74, 6) is -1.78. The Morgan fingerprint density at radius 3 is 2.28 bits per heavy atom. The predicted molar refractivity (Wildman–Crippen MR) is 122 cm³/mol. The molecule has 0 radical (unpaired) electrons. The van der Waals surface area contributed by atoms with E-state index < -0.39 is 23.5 Å². The van der Waals surface area contributed by atoms with Crippen molar-refractivity contribution in [3.8, 4) is 17.2 Å². The van der Waals surface area contributed by atoms with E-state index in [1.807, 2.05) is 6.92 Å². The van der Waals surface area contributed by atoms with Gasteiger partial charge in [-0.3, -0.25) is 9.59 Å². The topological polar surface area (TPSA) is 96.3 Å². The number of ether oxygens (including phenoxy) is 2. The van der Waals surface area contributed by atoms with E-state index in [2.05, 4.69) is 0 Å². The van der Waals surface area contributed by atoms with Gasteiger partial charge in [-0.25, -0.2) is 0 Å². The number of likely N-dealkylation sites (tertiary alicyclic amines) is 1. The van der Waals surface area contributed by atoms with E-state index in [4.69, 9.17) is 32.7 Å². The lowest BCUT2D eigenvalue weighted by Gasteiger charge is -2.25. The Hall–Kier alpha value is -2.90. The maximum atomic E-state index is 13.0. The number of ketones is 1. The summed E-state index contributed by atoms with van der Waals surface area (Å²) in [6, 6.07) is 6.63. The van der Waals surface area contributed by atoms with Crippen molar-refractivity contribution in [2.45, 2.75) is 25.8 Å². The third-order valence-corrected chi connectivity index (χ3v) is 5.92. The molecule has 2 aromatic rings. The number of hydrogen-bond donors (Lipinski definition) is 2. The molecule has 0 aromatic heterocycles. The second-order valence-corrected chi connectivity index (χ2v) is 8.01. The van der Waals surface area contributed by atoms with Gasteiger partial charge in [-0.1, -0.05) is 48.7 Å². The average molecular weight is 480 g/mol. The molecule has 7 nitrogen and oxygen atoms in total. The molecule has 9 heteroatoms. The summed E-state index contributed by atoms with van der Waals surface area (Å²) in [6.45, 7) is 2.29. The van der Waals surface area contributed by atoms with E-state index in [0.717, 1.165) is 6.42 Å². The number of halogens is 2. The molecule has 1 heterocycles. The van der Waals surface area contributed by atoms with Gasteiger partial charge in [-0.15, -0.1) is 0 Å². The zero-order chi connectivity index (χ0) is 23.6. The molecule has 0 bridgehead atoms. The summed E-state index contributed by atoms with van der Waals surface area (Å²) < 4.78 is 10.5. The van der Waals surface area contributed by atoms with Gasteiger partial charge < -0.3 is 24.6 Å². The molecule has 2 aromatic carbocycles. The maximum absolute atomic E-state index is 13.0. The monoisotopic (exact) mass is 479 g/mol. The molecule has 1 aliphatic rings. The first-order valence-electron chi connectivity index (χ1n) is 9.94. The number of aromatic hydroxyl groups is 1. The summed E-state index contributed by atoms with van der Waals surface area (Å²) in [5, 5.41) is 21.0. The summed E-state index contributed by atoms with van der Waals surface area (Å²) >= 11 is 12.6. The fourth-order valence-corrected chi connectivity index (χ4v) is 4.42. The maximum Gasteiger partial charge on any atom is 0.295 e. The van der Waals surface area contributed by atoms with Gasteiger partial charge in [0, 0.05) is 6.54 Å². The number of carbonyl (C=O) groups is 2. The Morgan fingerprint density at radius 2 is 1.72 bits per heavy atom. The van der Waals surface area contributed by atoms with Crippen molar-refractivity contribution in [2.75, 3.05) is 20.8 Å². The molecule has 2 N–H and O–H groups in total. The number of nitrogens with zero attached hydrogens (tertiary/aromatic N) is 1. The van der Waals surface area contributed by atoms with Crippen molar-refractivity contribution in [2.24, 2.45) is 0 Å². The molecular formula is C23H23Cl2NO6. The normalized spacial score (nSPS) is 17.7. The highest BCUT2D eigenvalue weighted by Gasteiger charge is 2.46. The van der Waals surface area contributed by atoms with Gasteiger partial charge in [-0.2, -0.15) is 0 Å². The van der Waals surface area contributed by atoms with Crippen molar-refractivity contribution in [3.05, 3.63) is 57.1 Å². The molecule has 1 amide bonds. The second kappa shape index (κ2) is 9.71. The van der Waals surface area contributed by atoms with Crippen molar-refractivity contribution in [1.29, 1.82) is 0 Å². The number of phenolic OH excluding ortho intramolecular Hbond substituents is 1. The number of phenols is 1. The molecular weight excluding hydrogens is 457 g/mol. The predicted octanol–water partition coefficient (Wildman–Crippen LogP) is 4.94. The number of methoxy groups -OCH3 is 2. The van der Waals surface area contributed by atoms with Gasteiger partial charge >= 0.3 is 0 Å². The first-order chi connectivity index (χ1) is 15.3. The van der Waals surface area contributed by atoms with Gasteiger partial charge in [0.1, 0.15) is 16.5 Å². The average Bonchev–Trinajstić information content (AvgIpc) is 3.02. The Bertz CT molecular complexity index is 1080. The number of hydrogen-bond acceptors (Lipinski definition) is 6. The van der Waals surface area contributed by atoms with Crippen LogP contribution in [0, 0.1) is 0 Å². The highest BCUT2D eigenvalue weighted by atomic mass is 35.5. The van der Waals surface area contributed by atoms with E-state index in [1.54, 1.807) is 12.1 Å². The van der Waals surface area contributed by atoms with Crippen LogP contribution < -0.4 is 9.47 Å². The van der Waals surface area contributed by atoms with E-state index in [9.17, 15) is 19.8 Å². The van der Waals surface area contributed by atoms with Gasteiger partial charge in [0.15, 0.2) is 11.5 Å². The SMILES string of the molecule is CCCCN1C(=O)C(=O)/C(=C(/O)c2cc(Cl)c(OC)c(Cl)c2OC)C1c1ccc(O)cc1. The summed E-state index contributed by atoms with van der Waals surface area (Å²) in [6.07, 6.45) is 1.48. The van der Waals surface area contributed by atoms with E-state index in [-0.39, 0.29) is 38.4 Å². The Balaban J connectivity index is 2.27. The number of carbonyl (C=O) groups excluding carboxylic acids is 2. The van der Waals surface area contributed by atoms with Crippen LogP contribution in [-0.4, -0.2) is 47.6 Å². The third-order valence-electron chi connectivity index (χ3n) is 5.30. The van der Waals surface area contributed by atoms with Crippen LogP contribution >= 0.6 is 23.2 Å². The zero-order valence-electron chi connectivity index (χ0n) is 17.8. The van der Waals surface area contributed by atoms with E-state index in [0.29, 0.717) is 18.5 Å². The number of aliphatic hydroxyl groups excluding tert-OH is 1. The molecule has 1 fully saturated rings. The summed E-state index contributed by atoms with van der Waals surface area (Å²) in [7, 11) is 2.73. The van der Waals surface area contributed by atoms with Crippen LogP contribution in [0.4, 0.5) is 0 Å². The first-order valence-corrected chi connectivity index (χ1v) is 10.7. The molecule has 170 valence electrons. The quantitative estimate of drug-likeness (QED) is 0.331. The van der Waals surface area contributed by atoms with Crippen molar-refractivity contribution < 1.29 is 29.3 Å². The molecule has 1 aliphatic heterocycles. The highest BCUT2D eigenvalue weighted by Crippen LogP contribution is 2.47. The number of Topliss-reactive ketones (excluding diaryl/α,β-unsaturated/α-hetero) is 1. The van der Waals surface area contributed by atoms with E-state index in [1.165, 1.54) is 37.3 Å².